The van der Waals surface area contributed by atoms with Crippen LogP contribution in [-0.4, -0.2) is 41.7 Å². The number of aromatic nitrogens is 2. The fourth-order valence-corrected chi connectivity index (χ4v) is 1.85. The maximum atomic E-state index is 12.1. The molecule has 19 heavy (non-hydrogen) atoms. The molecular weight excluding hydrogens is 248 g/mol. The van der Waals surface area contributed by atoms with Crippen molar-refractivity contribution >= 4 is 17.1 Å². The van der Waals surface area contributed by atoms with E-state index in [1.165, 1.54) is 20.4 Å². The van der Waals surface area contributed by atoms with E-state index in [1.54, 1.807) is 16.8 Å². The second kappa shape index (κ2) is 5.73. The lowest BCUT2D eigenvalue weighted by atomic mass is 10.1. The molecule has 2 aromatic rings. The minimum absolute atomic E-state index is 0.275. The number of carbonyl (C=O) groups excluding carboxylic acids is 2. The van der Waals surface area contributed by atoms with Gasteiger partial charge in [-0.15, -0.1) is 0 Å². The zero-order chi connectivity index (χ0) is 13.8. The van der Waals surface area contributed by atoms with Gasteiger partial charge in [0.05, 0.1) is 23.7 Å². The highest BCUT2D eigenvalue weighted by atomic mass is 16.7. The summed E-state index contributed by atoms with van der Waals surface area (Å²) in [6.07, 6.45) is 1.91. The Morgan fingerprint density at radius 3 is 2.74 bits per heavy atom. The molecule has 0 unspecified atom stereocenters. The van der Waals surface area contributed by atoms with Crippen LogP contribution in [0.3, 0.4) is 0 Å². The van der Waals surface area contributed by atoms with Gasteiger partial charge in [-0.2, -0.15) is 5.10 Å². The molecular formula is C13H14N2O4. The van der Waals surface area contributed by atoms with E-state index in [1.807, 2.05) is 12.1 Å². The van der Waals surface area contributed by atoms with Crippen molar-refractivity contribution in [1.29, 1.82) is 0 Å². The Hall–Kier alpha value is -2.05. The molecule has 6 nitrogen and oxygen atoms in total. The zero-order valence-corrected chi connectivity index (χ0v) is 10.7. The Bertz CT molecular complexity index is 601. The lowest BCUT2D eigenvalue weighted by Crippen LogP contribution is -2.26. The molecule has 0 amide bonds. The first-order chi connectivity index (χ1) is 9.17. The molecule has 0 aliphatic heterocycles. The molecule has 0 bridgehead atoms. The van der Waals surface area contributed by atoms with E-state index in [9.17, 15) is 9.59 Å². The summed E-state index contributed by atoms with van der Waals surface area (Å²) in [5, 5.41) is 4.05. The van der Waals surface area contributed by atoms with Crippen LogP contribution >= 0.6 is 0 Å². The fraction of sp³-hybridized carbons (Fsp3) is 0.308. The van der Waals surface area contributed by atoms with Crippen LogP contribution in [0.5, 0.6) is 0 Å². The fourth-order valence-electron chi connectivity index (χ4n) is 1.85. The number of hydrogen-bond acceptors (Lipinski definition) is 5. The number of pyridine rings is 1. The Kier molecular flexibility index (Phi) is 4.03. The van der Waals surface area contributed by atoms with Gasteiger partial charge >= 0.3 is 0 Å². The molecule has 2 aromatic heterocycles. The smallest absolute Gasteiger partial charge is 0.217 e. The Labute approximate surface area is 109 Å². The number of methoxy groups -OCH3 is 2. The predicted octanol–water partition coefficient (Wildman–Crippen LogP) is 1.10. The third-order valence-electron chi connectivity index (χ3n) is 2.75. The van der Waals surface area contributed by atoms with Gasteiger partial charge in [0.25, 0.3) is 0 Å². The highest BCUT2D eigenvalue weighted by Gasteiger charge is 2.22. The molecule has 0 aliphatic carbocycles. The summed E-state index contributed by atoms with van der Waals surface area (Å²) in [6, 6.07) is 5.39. The largest absolute Gasteiger partial charge is 0.349 e. The lowest BCUT2D eigenvalue weighted by Gasteiger charge is -2.10. The van der Waals surface area contributed by atoms with Gasteiger partial charge in [-0.05, 0) is 12.1 Å². The number of rotatable bonds is 6. The SMILES string of the molecule is COC(OC)C(=O)CC(=O)c1cnn2ccccc12. The summed E-state index contributed by atoms with van der Waals surface area (Å²) in [6.45, 7) is 0. The molecule has 0 saturated heterocycles. The quantitative estimate of drug-likeness (QED) is 0.443. The van der Waals surface area contributed by atoms with Crippen molar-refractivity contribution in [2.24, 2.45) is 0 Å². The van der Waals surface area contributed by atoms with Crippen LogP contribution in [0, 0.1) is 0 Å². The van der Waals surface area contributed by atoms with Crippen molar-refractivity contribution in [3.63, 3.8) is 0 Å². The normalized spacial score (nSPS) is 11.1. The topological polar surface area (TPSA) is 69.9 Å². The molecule has 0 aliphatic rings. The van der Waals surface area contributed by atoms with E-state index < -0.39 is 12.1 Å². The second-order valence-electron chi connectivity index (χ2n) is 3.96. The average Bonchev–Trinajstić information content (AvgIpc) is 2.84. The molecule has 2 rings (SSSR count). The summed E-state index contributed by atoms with van der Waals surface area (Å²) < 4.78 is 11.2. The lowest BCUT2D eigenvalue weighted by molar-refractivity contribution is -0.155. The Morgan fingerprint density at radius 2 is 2.05 bits per heavy atom. The van der Waals surface area contributed by atoms with Crippen LogP contribution in [0.25, 0.3) is 5.52 Å². The van der Waals surface area contributed by atoms with Crippen molar-refractivity contribution in [3.05, 3.63) is 36.2 Å². The standard InChI is InChI=1S/C13H14N2O4/c1-18-13(19-2)12(17)7-11(16)9-8-14-15-6-4-3-5-10(9)15/h3-6,8,13H,7H2,1-2H3. The van der Waals surface area contributed by atoms with E-state index in [0.29, 0.717) is 11.1 Å². The van der Waals surface area contributed by atoms with Crippen molar-refractivity contribution < 1.29 is 19.1 Å². The maximum Gasteiger partial charge on any atom is 0.217 e. The van der Waals surface area contributed by atoms with Crippen molar-refractivity contribution in [1.82, 2.24) is 9.61 Å². The van der Waals surface area contributed by atoms with Gasteiger partial charge in [0.15, 0.2) is 11.6 Å². The van der Waals surface area contributed by atoms with Crippen molar-refractivity contribution in [2.75, 3.05) is 14.2 Å². The molecule has 0 aromatic carbocycles. The molecule has 100 valence electrons. The second-order valence-corrected chi connectivity index (χ2v) is 3.96. The predicted molar refractivity (Wildman–Crippen MR) is 67.0 cm³/mol. The first kappa shape index (κ1) is 13.4. The molecule has 0 N–H and O–H groups in total. The van der Waals surface area contributed by atoms with E-state index in [4.69, 9.17) is 9.47 Å². The number of nitrogens with zero attached hydrogens (tertiary/aromatic N) is 2. The third kappa shape index (κ3) is 2.69. The highest BCUT2D eigenvalue weighted by Crippen LogP contribution is 2.13. The van der Waals surface area contributed by atoms with Crippen LogP contribution < -0.4 is 0 Å². The molecule has 0 spiro atoms. The summed E-state index contributed by atoms with van der Waals surface area (Å²) in [7, 11) is 2.71. The first-order valence-electron chi connectivity index (χ1n) is 5.71. The Morgan fingerprint density at radius 1 is 1.32 bits per heavy atom. The van der Waals surface area contributed by atoms with Gasteiger partial charge in [0, 0.05) is 20.4 Å². The summed E-state index contributed by atoms with van der Waals surface area (Å²) >= 11 is 0. The Balaban J connectivity index is 2.18. The van der Waals surface area contributed by atoms with Crippen LogP contribution in [-0.2, 0) is 14.3 Å². The summed E-state index contributed by atoms with van der Waals surface area (Å²) in [5.41, 5.74) is 1.09. The third-order valence-corrected chi connectivity index (χ3v) is 2.75. The van der Waals surface area contributed by atoms with Crippen LogP contribution in [0.15, 0.2) is 30.6 Å². The van der Waals surface area contributed by atoms with Gasteiger partial charge in [-0.3, -0.25) is 9.59 Å². The van der Waals surface area contributed by atoms with E-state index >= 15 is 0 Å². The number of hydrogen-bond donors (Lipinski definition) is 0. The number of carbonyl (C=O) groups is 2. The number of Topliss-reactive ketones (excluding diaryl/α,β-unsaturated/α-hetero) is 2. The molecule has 6 heteroatoms. The van der Waals surface area contributed by atoms with Crippen molar-refractivity contribution in [2.45, 2.75) is 12.7 Å². The molecule has 0 atom stereocenters. The van der Waals surface area contributed by atoms with Gasteiger partial charge in [0.2, 0.25) is 6.29 Å². The molecule has 0 saturated carbocycles. The average molecular weight is 262 g/mol. The summed E-state index contributed by atoms with van der Waals surface area (Å²) in [5.74, 6) is -0.712. The van der Waals surface area contributed by atoms with Crippen LogP contribution in [0.2, 0.25) is 0 Å². The van der Waals surface area contributed by atoms with Gasteiger partial charge in [0.1, 0.15) is 0 Å². The van der Waals surface area contributed by atoms with Crippen LogP contribution in [0.1, 0.15) is 16.8 Å². The minimum atomic E-state index is -1.01. The van der Waals surface area contributed by atoms with Gasteiger partial charge < -0.3 is 9.47 Å². The van der Waals surface area contributed by atoms with Gasteiger partial charge in [-0.25, -0.2) is 4.52 Å². The summed E-state index contributed by atoms with van der Waals surface area (Å²) in [4.78, 5) is 23.8. The van der Waals surface area contributed by atoms with E-state index in [0.717, 1.165) is 0 Å². The van der Waals surface area contributed by atoms with Crippen molar-refractivity contribution in [3.8, 4) is 0 Å². The van der Waals surface area contributed by atoms with E-state index in [-0.39, 0.29) is 12.2 Å². The van der Waals surface area contributed by atoms with E-state index in [2.05, 4.69) is 5.10 Å². The number of fused-ring (bicyclic) bond motifs is 1. The zero-order valence-electron chi connectivity index (χ0n) is 10.7. The molecule has 0 radical (unpaired) electrons. The number of ether oxygens (including phenoxy) is 2. The highest BCUT2D eigenvalue weighted by molar-refractivity contribution is 6.11. The number of ketones is 2. The first-order valence-corrected chi connectivity index (χ1v) is 5.71. The molecule has 0 fully saturated rings. The molecule has 2 heterocycles. The minimum Gasteiger partial charge on any atom is -0.349 e. The maximum absolute atomic E-state index is 12.1. The van der Waals surface area contributed by atoms with Crippen LogP contribution in [0.4, 0.5) is 0 Å². The van der Waals surface area contributed by atoms with Gasteiger partial charge in [-0.1, -0.05) is 6.07 Å². The monoisotopic (exact) mass is 262 g/mol.